The van der Waals surface area contributed by atoms with Crippen molar-refractivity contribution in [1.82, 2.24) is 19.7 Å². The fraction of sp³-hybridized carbons (Fsp3) is 0.235. The Labute approximate surface area is 158 Å². The highest BCUT2D eigenvalue weighted by Gasteiger charge is 2.23. The third-order valence-corrected chi connectivity index (χ3v) is 4.85. The van der Waals surface area contributed by atoms with Crippen LogP contribution in [0.4, 0.5) is 5.95 Å². The molecular weight excluding hydrogens is 377 g/mol. The van der Waals surface area contributed by atoms with Gasteiger partial charge in [-0.05, 0) is 17.7 Å². The van der Waals surface area contributed by atoms with E-state index < -0.39 is 0 Å². The van der Waals surface area contributed by atoms with Gasteiger partial charge in [0.05, 0.1) is 16.7 Å². The van der Waals surface area contributed by atoms with E-state index in [1.165, 1.54) is 4.68 Å². The van der Waals surface area contributed by atoms with Crippen molar-refractivity contribution in [2.75, 3.05) is 11.9 Å². The predicted molar refractivity (Wildman–Crippen MR) is 101 cm³/mol. The monoisotopic (exact) mass is 391 g/mol. The topological polar surface area (TPSA) is 84.8 Å². The highest BCUT2D eigenvalue weighted by molar-refractivity contribution is 6.42. The van der Waals surface area contributed by atoms with Crippen LogP contribution in [-0.4, -0.2) is 26.4 Å². The van der Waals surface area contributed by atoms with Crippen LogP contribution in [0, 0.1) is 0 Å². The van der Waals surface area contributed by atoms with E-state index in [0.717, 1.165) is 5.56 Å². The lowest BCUT2D eigenvalue weighted by atomic mass is 10.2. The lowest BCUT2D eigenvalue weighted by molar-refractivity contribution is 0.126. The lowest BCUT2D eigenvalue weighted by Crippen LogP contribution is -2.15. The van der Waals surface area contributed by atoms with Crippen LogP contribution >= 0.6 is 23.2 Å². The number of fused-ring (bicyclic) bond motifs is 1. The molecule has 0 fully saturated rings. The van der Waals surface area contributed by atoms with Gasteiger partial charge in [0.1, 0.15) is 17.3 Å². The second kappa shape index (κ2) is 6.75. The first-order valence-corrected chi connectivity index (χ1v) is 8.71. The number of nitrogens with zero attached hydrogens (tertiary/aromatic N) is 3. The number of hydrogen-bond acceptors (Lipinski definition) is 5. The molecule has 3 aromatic rings. The Bertz CT molecular complexity index is 1070. The van der Waals surface area contributed by atoms with Gasteiger partial charge in [-0.1, -0.05) is 41.4 Å². The Morgan fingerprint density at radius 1 is 1.38 bits per heavy atom. The molecule has 26 heavy (non-hydrogen) atoms. The van der Waals surface area contributed by atoms with Crippen LogP contribution in [0.1, 0.15) is 17.4 Å². The molecule has 0 spiro atoms. The van der Waals surface area contributed by atoms with Crippen LogP contribution in [0.15, 0.2) is 35.1 Å². The van der Waals surface area contributed by atoms with Crippen molar-refractivity contribution in [2.45, 2.75) is 12.6 Å². The summed E-state index contributed by atoms with van der Waals surface area (Å²) in [7, 11) is 1.71. The Kier molecular flexibility index (Phi) is 4.44. The maximum absolute atomic E-state index is 12.5. The molecule has 0 bridgehead atoms. The summed E-state index contributed by atoms with van der Waals surface area (Å²) in [4.78, 5) is 19.7. The molecule has 2 aromatic heterocycles. The van der Waals surface area contributed by atoms with E-state index >= 15 is 0 Å². The molecule has 0 radical (unpaired) electrons. The molecule has 7 nitrogen and oxygen atoms in total. The summed E-state index contributed by atoms with van der Waals surface area (Å²) in [5.74, 6) is 0.352. The average molecular weight is 392 g/mol. The minimum absolute atomic E-state index is 0.269. The fourth-order valence-electron chi connectivity index (χ4n) is 2.88. The number of anilines is 1. The van der Waals surface area contributed by atoms with E-state index in [1.807, 2.05) is 18.2 Å². The first-order chi connectivity index (χ1) is 12.5. The van der Waals surface area contributed by atoms with Gasteiger partial charge < -0.3 is 10.1 Å². The van der Waals surface area contributed by atoms with E-state index in [2.05, 4.69) is 20.4 Å². The van der Waals surface area contributed by atoms with E-state index in [1.54, 1.807) is 19.2 Å². The zero-order valence-corrected chi connectivity index (χ0v) is 15.3. The van der Waals surface area contributed by atoms with Crippen molar-refractivity contribution in [1.29, 1.82) is 0 Å². The van der Waals surface area contributed by atoms with E-state index in [-0.39, 0.29) is 11.7 Å². The maximum Gasteiger partial charge on any atom is 0.278 e. The van der Waals surface area contributed by atoms with Gasteiger partial charge in [0, 0.05) is 13.6 Å². The van der Waals surface area contributed by atoms with Crippen molar-refractivity contribution in [3.8, 4) is 0 Å². The van der Waals surface area contributed by atoms with Gasteiger partial charge >= 0.3 is 0 Å². The van der Waals surface area contributed by atoms with Crippen molar-refractivity contribution in [3.05, 3.63) is 62.0 Å². The molecule has 9 heteroatoms. The predicted octanol–water partition coefficient (Wildman–Crippen LogP) is 3.20. The molecule has 0 aliphatic carbocycles. The number of nitrogens with one attached hydrogen (secondary N) is 2. The largest absolute Gasteiger partial charge is 0.364 e. The summed E-state index contributed by atoms with van der Waals surface area (Å²) in [6.45, 7) is 0.953. The summed E-state index contributed by atoms with van der Waals surface area (Å²) in [5.41, 5.74) is 2.19. The summed E-state index contributed by atoms with van der Waals surface area (Å²) < 4.78 is 7.13. The molecule has 3 heterocycles. The van der Waals surface area contributed by atoms with Gasteiger partial charge in [-0.25, -0.2) is 4.98 Å². The number of rotatable bonds is 4. The third-order valence-electron chi connectivity index (χ3n) is 4.12. The van der Waals surface area contributed by atoms with Crippen LogP contribution in [0.5, 0.6) is 0 Å². The highest BCUT2D eigenvalue weighted by Crippen LogP contribution is 2.27. The Balaban J connectivity index is 1.67. The van der Waals surface area contributed by atoms with Crippen LogP contribution in [0.3, 0.4) is 0 Å². The second-order valence-corrected chi connectivity index (χ2v) is 6.72. The number of aromatic amines is 1. The number of hydrogen-bond donors (Lipinski definition) is 2. The summed E-state index contributed by atoms with van der Waals surface area (Å²) in [5, 5.41) is 8.48. The van der Waals surface area contributed by atoms with Gasteiger partial charge in [0.15, 0.2) is 5.52 Å². The quantitative estimate of drug-likeness (QED) is 0.667. The number of aryl methyl sites for hydroxylation is 1. The van der Waals surface area contributed by atoms with E-state index in [9.17, 15) is 4.79 Å². The van der Waals surface area contributed by atoms with Crippen molar-refractivity contribution >= 4 is 40.2 Å². The fourth-order valence-corrected chi connectivity index (χ4v) is 3.20. The summed E-state index contributed by atoms with van der Waals surface area (Å²) in [6, 6.07) is 5.34. The van der Waals surface area contributed by atoms with Crippen LogP contribution in [0.25, 0.3) is 11.0 Å². The standard InChI is InChI=1S/C17H15Cl2N5O2/c1-24-15-14(13(23-24)12-3-2-6-26-12)21-17(22-16(15)25)20-8-9-4-5-10(18)11(19)7-9/h2-5,7,12H,6,8H2,1H3,(H2,20,21,22,25). The lowest BCUT2D eigenvalue weighted by Gasteiger charge is -2.08. The smallest absolute Gasteiger partial charge is 0.278 e. The Morgan fingerprint density at radius 2 is 2.23 bits per heavy atom. The minimum Gasteiger partial charge on any atom is -0.364 e. The molecule has 0 saturated heterocycles. The number of benzene rings is 1. The number of H-pyrrole nitrogens is 1. The highest BCUT2D eigenvalue weighted by atomic mass is 35.5. The van der Waals surface area contributed by atoms with E-state index in [0.29, 0.717) is 45.9 Å². The molecule has 1 aromatic carbocycles. The Morgan fingerprint density at radius 3 is 2.96 bits per heavy atom. The summed E-state index contributed by atoms with van der Waals surface area (Å²) in [6.07, 6.45) is 3.53. The van der Waals surface area contributed by atoms with Gasteiger partial charge in [-0.2, -0.15) is 5.10 Å². The number of ether oxygens (including phenoxy) is 1. The van der Waals surface area contributed by atoms with Gasteiger partial charge in [-0.3, -0.25) is 14.5 Å². The van der Waals surface area contributed by atoms with Crippen molar-refractivity contribution < 1.29 is 4.74 Å². The van der Waals surface area contributed by atoms with Gasteiger partial charge in [-0.15, -0.1) is 0 Å². The molecule has 2 N–H and O–H groups in total. The normalized spacial score (nSPS) is 16.5. The molecule has 0 amide bonds. The zero-order valence-electron chi connectivity index (χ0n) is 13.8. The summed E-state index contributed by atoms with van der Waals surface area (Å²) >= 11 is 12.0. The van der Waals surface area contributed by atoms with Crippen LogP contribution in [-0.2, 0) is 18.3 Å². The van der Waals surface area contributed by atoms with Crippen molar-refractivity contribution in [3.63, 3.8) is 0 Å². The zero-order chi connectivity index (χ0) is 18.3. The molecular formula is C17H15Cl2N5O2. The number of halogens is 2. The first-order valence-electron chi connectivity index (χ1n) is 7.96. The molecule has 1 unspecified atom stereocenters. The molecule has 1 aliphatic rings. The van der Waals surface area contributed by atoms with Crippen LogP contribution < -0.4 is 10.9 Å². The maximum atomic E-state index is 12.5. The van der Waals surface area contributed by atoms with Crippen LogP contribution in [0.2, 0.25) is 10.0 Å². The Hall–Kier alpha value is -2.35. The minimum atomic E-state index is -0.295. The molecule has 4 rings (SSSR count). The number of aromatic nitrogens is 4. The second-order valence-electron chi connectivity index (χ2n) is 5.90. The molecule has 0 saturated carbocycles. The van der Waals surface area contributed by atoms with Gasteiger partial charge in [0.2, 0.25) is 5.95 Å². The first kappa shape index (κ1) is 17.1. The van der Waals surface area contributed by atoms with Crippen molar-refractivity contribution in [2.24, 2.45) is 7.05 Å². The van der Waals surface area contributed by atoms with E-state index in [4.69, 9.17) is 27.9 Å². The van der Waals surface area contributed by atoms with Gasteiger partial charge in [0.25, 0.3) is 5.56 Å². The molecule has 1 aliphatic heterocycles. The third kappa shape index (κ3) is 3.09. The average Bonchev–Trinajstić information content (AvgIpc) is 3.24. The SMILES string of the molecule is Cn1nc(C2C=CCO2)c2nc(NCc3ccc(Cl)c(Cl)c3)[nH]c(=O)c21. The molecule has 134 valence electrons. The molecule has 1 atom stereocenters.